The van der Waals surface area contributed by atoms with Gasteiger partial charge in [-0.25, -0.2) is 0 Å². The highest BCUT2D eigenvalue weighted by molar-refractivity contribution is 5.37. The van der Waals surface area contributed by atoms with Crippen molar-refractivity contribution in [3.05, 3.63) is 53.6 Å². The standard InChI is InChI=1S/C14H18N4/c1-11-4-3-5-13(17-11)9-18(2)10-14-8-12(15)6-7-16-14/h3-8H,9-10H2,1-2H3,(H2,15,16). The molecular weight excluding hydrogens is 224 g/mol. The summed E-state index contributed by atoms with van der Waals surface area (Å²) in [6.07, 6.45) is 1.74. The average molecular weight is 242 g/mol. The largest absolute Gasteiger partial charge is 0.399 e. The molecule has 0 unspecified atom stereocenters. The van der Waals surface area contributed by atoms with Crippen molar-refractivity contribution in [3.8, 4) is 0 Å². The van der Waals surface area contributed by atoms with Crippen LogP contribution in [-0.2, 0) is 13.1 Å². The van der Waals surface area contributed by atoms with Crippen molar-refractivity contribution >= 4 is 5.69 Å². The van der Waals surface area contributed by atoms with Crippen molar-refractivity contribution in [1.29, 1.82) is 0 Å². The molecule has 94 valence electrons. The fourth-order valence-electron chi connectivity index (χ4n) is 1.88. The van der Waals surface area contributed by atoms with Gasteiger partial charge in [0.15, 0.2) is 0 Å². The highest BCUT2D eigenvalue weighted by Crippen LogP contribution is 2.08. The van der Waals surface area contributed by atoms with Crippen molar-refractivity contribution in [2.24, 2.45) is 0 Å². The van der Waals surface area contributed by atoms with Crippen LogP contribution in [0.4, 0.5) is 5.69 Å². The predicted octanol–water partition coefficient (Wildman–Crippen LogP) is 2.00. The number of aromatic nitrogens is 2. The van der Waals surface area contributed by atoms with E-state index in [0.29, 0.717) is 0 Å². The number of nitrogens with two attached hydrogens (primary N) is 1. The Morgan fingerprint density at radius 3 is 2.67 bits per heavy atom. The molecule has 0 amide bonds. The van der Waals surface area contributed by atoms with Crippen LogP contribution in [0, 0.1) is 6.92 Å². The van der Waals surface area contributed by atoms with Crippen molar-refractivity contribution in [2.45, 2.75) is 20.0 Å². The molecule has 2 aromatic rings. The minimum atomic E-state index is 0.752. The average Bonchev–Trinajstić information content (AvgIpc) is 2.28. The third-order valence-corrected chi connectivity index (χ3v) is 2.65. The molecule has 2 N–H and O–H groups in total. The summed E-state index contributed by atoms with van der Waals surface area (Å²) < 4.78 is 0. The summed E-state index contributed by atoms with van der Waals surface area (Å²) in [4.78, 5) is 11.0. The molecule has 0 spiro atoms. The number of pyridine rings is 2. The number of hydrogen-bond donors (Lipinski definition) is 1. The van der Waals surface area contributed by atoms with Crippen LogP contribution in [0.15, 0.2) is 36.5 Å². The topological polar surface area (TPSA) is 55.0 Å². The summed E-state index contributed by atoms with van der Waals surface area (Å²) in [6, 6.07) is 9.77. The molecule has 4 nitrogen and oxygen atoms in total. The molecule has 2 heterocycles. The number of aryl methyl sites for hydroxylation is 1. The second-order valence-corrected chi connectivity index (χ2v) is 4.52. The molecule has 2 aromatic heterocycles. The highest BCUT2D eigenvalue weighted by Gasteiger charge is 2.04. The molecular formula is C14H18N4. The monoisotopic (exact) mass is 242 g/mol. The van der Waals surface area contributed by atoms with Crippen LogP contribution < -0.4 is 5.73 Å². The van der Waals surface area contributed by atoms with Crippen LogP contribution >= 0.6 is 0 Å². The van der Waals surface area contributed by atoms with Crippen molar-refractivity contribution < 1.29 is 0 Å². The summed E-state index contributed by atoms with van der Waals surface area (Å²) in [7, 11) is 2.05. The Hall–Kier alpha value is -1.94. The SMILES string of the molecule is Cc1cccc(CN(C)Cc2cc(N)ccn2)n1. The minimum absolute atomic E-state index is 0.752. The molecule has 0 saturated heterocycles. The first-order valence-corrected chi connectivity index (χ1v) is 5.95. The Kier molecular flexibility index (Phi) is 3.89. The van der Waals surface area contributed by atoms with Crippen molar-refractivity contribution in [1.82, 2.24) is 14.9 Å². The van der Waals surface area contributed by atoms with E-state index in [-0.39, 0.29) is 0 Å². The lowest BCUT2D eigenvalue weighted by molar-refractivity contribution is 0.311. The maximum Gasteiger partial charge on any atom is 0.0564 e. The van der Waals surface area contributed by atoms with Gasteiger partial charge in [0.2, 0.25) is 0 Å². The molecule has 0 fully saturated rings. The molecule has 0 aliphatic rings. The second kappa shape index (κ2) is 5.60. The van der Waals surface area contributed by atoms with Gasteiger partial charge in [0.25, 0.3) is 0 Å². The number of nitrogen functional groups attached to an aromatic ring is 1. The zero-order valence-electron chi connectivity index (χ0n) is 10.8. The van der Waals surface area contributed by atoms with Crippen LogP contribution in [0.3, 0.4) is 0 Å². The predicted molar refractivity (Wildman–Crippen MR) is 72.8 cm³/mol. The van der Waals surface area contributed by atoms with Gasteiger partial charge >= 0.3 is 0 Å². The first kappa shape index (κ1) is 12.5. The fourth-order valence-corrected chi connectivity index (χ4v) is 1.88. The second-order valence-electron chi connectivity index (χ2n) is 4.52. The number of rotatable bonds is 4. The summed E-state index contributed by atoms with van der Waals surface area (Å²) in [5, 5.41) is 0. The molecule has 0 bridgehead atoms. The zero-order valence-corrected chi connectivity index (χ0v) is 10.8. The van der Waals surface area contributed by atoms with Gasteiger partial charge in [0.05, 0.1) is 11.4 Å². The lowest BCUT2D eigenvalue weighted by Gasteiger charge is -2.16. The Balaban J connectivity index is 1.98. The van der Waals surface area contributed by atoms with E-state index in [2.05, 4.69) is 21.9 Å². The van der Waals surface area contributed by atoms with E-state index < -0.39 is 0 Å². The number of nitrogens with zero attached hydrogens (tertiary/aromatic N) is 3. The van der Waals surface area contributed by atoms with Gasteiger partial charge in [0.1, 0.15) is 0 Å². The number of hydrogen-bond acceptors (Lipinski definition) is 4. The van der Waals surface area contributed by atoms with E-state index in [0.717, 1.165) is 35.9 Å². The van der Waals surface area contributed by atoms with E-state index in [9.17, 15) is 0 Å². The molecule has 0 saturated carbocycles. The Labute approximate surface area is 107 Å². The maximum absolute atomic E-state index is 5.74. The fraction of sp³-hybridized carbons (Fsp3) is 0.286. The third kappa shape index (κ3) is 3.53. The quantitative estimate of drug-likeness (QED) is 0.891. The van der Waals surface area contributed by atoms with Crippen LogP contribution in [0.25, 0.3) is 0 Å². The molecule has 0 aromatic carbocycles. The van der Waals surface area contributed by atoms with E-state index in [4.69, 9.17) is 5.73 Å². The summed E-state index contributed by atoms with van der Waals surface area (Å²) in [6.45, 7) is 3.57. The van der Waals surface area contributed by atoms with Crippen LogP contribution in [0.1, 0.15) is 17.1 Å². The van der Waals surface area contributed by atoms with E-state index in [1.807, 2.05) is 31.2 Å². The summed E-state index contributed by atoms with van der Waals surface area (Å²) >= 11 is 0. The van der Waals surface area contributed by atoms with Crippen LogP contribution in [0.5, 0.6) is 0 Å². The molecule has 4 heteroatoms. The molecule has 0 aliphatic carbocycles. The highest BCUT2D eigenvalue weighted by atomic mass is 15.1. The maximum atomic E-state index is 5.74. The van der Waals surface area contributed by atoms with E-state index in [1.54, 1.807) is 12.3 Å². The van der Waals surface area contributed by atoms with Gasteiger partial charge in [-0.2, -0.15) is 0 Å². The Morgan fingerprint density at radius 2 is 1.94 bits per heavy atom. The molecule has 18 heavy (non-hydrogen) atoms. The van der Waals surface area contributed by atoms with Gasteiger partial charge in [-0.05, 0) is 38.2 Å². The van der Waals surface area contributed by atoms with Crippen LogP contribution in [-0.4, -0.2) is 21.9 Å². The van der Waals surface area contributed by atoms with E-state index in [1.165, 1.54) is 0 Å². The van der Waals surface area contributed by atoms with E-state index >= 15 is 0 Å². The normalized spacial score (nSPS) is 10.8. The molecule has 0 aliphatic heterocycles. The smallest absolute Gasteiger partial charge is 0.0564 e. The van der Waals surface area contributed by atoms with Gasteiger partial charge in [-0.3, -0.25) is 14.9 Å². The Morgan fingerprint density at radius 1 is 1.17 bits per heavy atom. The van der Waals surface area contributed by atoms with Gasteiger partial charge in [-0.1, -0.05) is 6.07 Å². The number of anilines is 1. The van der Waals surface area contributed by atoms with Crippen molar-refractivity contribution in [3.63, 3.8) is 0 Å². The van der Waals surface area contributed by atoms with Gasteiger partial charge in [0, 0.05) is 30.7 Å². The third-order valence-electron chi connectivity index (χ3n) is 2.65. The Bertz CT molecular complexity index is 477. The van der Waals surface area contributed by atoms with Crippen LogP contribution in [0.2, 0.25) is 0 Å². The first-order valence-electron chi connectivity index (χ1n) is 5.95. The minimum Gasteiger partial charge on any atom is -0.399 e. The lowest BCUT2D eigenvalue weighted by atomic mass is 10.2. The summed E-state index contributed by atoms with van der Waals surface area (Å²) in [5.74, 6) is 0. The first-order chi connectivity index (χ1) is 8.63. The zero-order chi connectivity index (χ0) is 13.0. The molecule has 2 rings (SSSR count). The molecule has 0 radical (unpaired) electrons. The van der Waals surface area contributed by atoms with Gasteiger partial charge < -0.3 is 5.73 Å². The van der Waals surface area contributed by atoms with Crippen molar-refractivity contribution in [2.75, 3.05) is 12.8 Å². The van der Waals surface area contributed by atoms with Gasteiger partial charge in [-0.15, -0.1) is 0 Å². The summed E-state index contributed by atoms with van der Waals surface area (Å²) in [5.41, 5.74) is 9.58. The lowest BCUT2D eigenvalue weighted by Crippen LogP contribution is -2.18. The molecule has 0 atom stereocenters.